The van der Waals surface area contributed by atoms with Gasteiger partial charge in [-0.15, -0.1) is 0 Å². The van der Waals surface area contributed by atoms with Crippen LogP contribution in [0, 0.1) is 0 Å². The summed E-state index contributed by atoms with van der Waals surface area (Å²) in [6.45, 7) is 3.24. The van der Waals surface area contributed by atoms with Crippen LogP contribution in [0.4, 0.5) is 26.3 Å². The van der Waals surface area contributed by atoms with Gasteiger partial charge in [-0.25, -0.2) is 0 Å². The molecule has 0 heterocycles. The standard InChI is InChI=1S/C8H11F6NOSe2/c1-3-15(4-2)5(16)6(17-7(9,10)11)18-8(12,13)14/h6H,3-4H2,1-2H3. The molecule has 0 unspecified atom stereocenters. The molecule has 0 saturated carbocycles. The van der Waals surface area contributed by atoms with Crippen LogP contribution in [-0.2, 0) is 4.79 Å². The maximum atomic E-state index is 12.2. The van der Waals surface area contributed by atoms with E-state index in [0.29, 0.717) is 0 Å². The van der Waals surface area contributed by atoms with Crippen molar-refractivity contribution in [3.05, 3.63) is 0 Å². The molecule has 2 nitrogen and oxygen atoms in total. The third-order valence-electron chi connectivity index (χ3n) is 1.76. The van der Waals surface area contributed by atoms with Gasteiger partial charge in [-0.2, -0.15) is 0 Å². The number of hydrogen-bond donors (Lipinski definition) is 0. The van der Waals surface area contributed by atoms with E-state index >= 15 is 0 Å². The summed E-state index contributed by atoms with van der Waals surface area (Å²) < 4.78 is 71.3. The molecule has 108 valence electrons. The van der Waals surface area contributed by atoms with Gasteiger partial charge in [0.2, 0.25) is 0 Å². The monoisotopic (exact) mass is 411 g/mol. The Morgan fingerprint density at radius 2 is 1.33 bits per heavy atom. The van der Waals surface area contributed by atoms with Gasteiger partial charge in [0.05, 0.1) is 0 Å². The van der Waals surface area contributed by atoms with Gasteiger partial charge < -0.3 is 0 Å². The summed E-state index contributed by atoms with van der Waals surface area (Å²) in [4.78, 5) is 12.6. The Balaban J connectivity index is 4.91. The van der Waals surface area contributed by atoms with E-state index in [1.807, 2.05) is 0 Å². The van der Waals surface area contributed by atoms with Crippen molar-refractivity contribution in [1.29, 1.82) is 0 Å². The Hall–Kier alpha value is 0.0890. The molecule has 0 aliphatic rings. The number of hydrogen-bond acceptors (Lipinski definition) is 1. The van der Waals surface area contributed by atoms with Gasteiger partial charge in [-0.1, -0.05) is 0 Å². The maximum absolute atomic E-state index is 12.2. The number of alkyl halides is 6. The van der Waals surface area contributed by atoms with Gasteiger partial charge in [0, 0.05) is 0 Å². The van der Waals surface area contributed by atoms with E-state index in [4.69, 9.17) is 0 Å². The molecule has 0 aliphatic carbocycles. The average Bonchev–Trinajstić information content (AvgIpc) is 2.14. The van der Waals surface area contributed by atoms with Crippen LogP contribution in [-0.4, -0.2) is 64.0 Å². The van der Waals surface area contributed by atoms with Crippen molar-refractivity contribution in [2.45, 2.75) is 27.7 Å². The van der Waals surface area contributed by atoms with Crippen molar-refractivity contribution in [3.8, 4) is 0 Å². The molecule has 0 aliphatic heterocycles. The molecule has 0 N–H and O–H groups in total. The van der Waals surface area contributed by atoms with Crippen LogP contribution in [0.1, 0.15) is 13.8 Å². The molecule has 0 rings (SSSR count). The molecule has 0 saturated heterocycles. The quantitative estimate of drug-likeness (QED) is 0.503. The first kappa shape index (κ1) is 18.1. The van der Waals surface area contributed by atoms with Crippen LogP contribution in [0.25, 0.3) is 0 Å². The molecule has 0 bridgehead atoms. The molecule has 10 heteroatoms. The zero-order valence-electron chi connectivity index (χ0n) is 9.43. The van der Waals surface area contributed by atoms with E-state index in [1.165, 1.54) is 13.8 Å². The average molecular weight is 409 g/mol. The number of rotatable bonds is 5. The molecule has 1 amide bonds. The molecule has 0 aromatic carbocycles. The summed E-state index contributed by atoms with van der Waals surface area (Å²) >= 11 is -4.69. The van der Waals surface area contributed by atoms with E-state index in [-0.39, 0.29) is 13.1 Å². The van der Waals surface area contributed by atoms with Gasteiger partial charge in [-0.05, 0) is 0 Å². The first-order valence-corrected chi connectivity index (χ1v) is 8.47. The van der Waals surface area contributed by atoms with Crippen molar-refractivity contribution >= 4 is 35.8 Å². The second-order valence-corrected chi connectivity index (χ2v) is 9.39. The van der Waals surface area contributed by atoms with Gasteiger partial charge >= 0.3 is 113 Å². The summed E-state index contributed by atoms with van der Waals surface area (Å²) in [6.07, 6.45) is 0. The third-order valence-corrected chi connectivity index (χ3v) is 6.72. The number of carbonyl (C=O) groups excluding carboxylic acids is 1. The summed E-state index contributed by atoms with van der Waals surface area (Å²) in [6, 6.07) is 0. The van der Waals surface area contributed by atoms with Crippen molar-refractivity contribution in [1.82, 2.24) is 4.90 Å². The molecule has 0 atom stereocenters. The number of halogens is 6. The summed E-state index contributed by atoms with van der Waals surface area (Å²) in [5.74, 6) is -1.05. The van der Waals surface area contributed by atoms with Crippen LogP contribution in [0.5, 0.6) is 0 Å². The van der Waals surface area contributed by atoms with E-state index in [2.05, 4.69) is 0 Å². The molecule has 0 spiro atoms. The molecule has 0 radical (unpaired) electrons. The fraction of sp³-hybridized carbons (Fsp3) is 0.875. The van der Waals surface area contributed by atoms with Crippen LogP contribution in [0.15, 0.2) is 0 Å². The first-order chi connectivity index (χ1) is 8.00. The summed E-state index contributed by atoms with van der Waals surface area (Å²) in [7, 11) is 0. The van der Waals surface area contributed by atoms with Gasteiger partial charge in [0.15, 0.2) is 0 Å². The predicted octanol–water partition coefficient (Wildman–Crippen LogP) is 2.05. The molecule has 0 aromatic rings. The van der Waals surface area contributed by atoms with Crippen molar-refractivity contribution in [3.63, 3.8) is 0 Å². The van der Waals surface area contributed by atoms with Crippen molar-refractivity contribution < 1.29 is 31.1 Å². The van der Waals surface area contributed by atoms with Gasteiger partial charge in [0.25, 0.3) is 0 Å². The minimum atomic E-state index is -4.71. The Kier molecular flexibility index (Phi) is 7.06. The van der Waals surface area contributed by atoms with Crippen LogP contribution >= 0.6 is 0 Å². The number of amides is 1. The fourth-order valence-corrected chi connectivity index (χ4v) is 6.12. The minimum absolute atomic E-state index is 0.105. The number of nitrogens with zero attached hydrogens (tertiary/aromatic N) is 1. The van der Waals surface area contributed by atoms with Crippen LogP contribution < -0.4 is 0 Å². The second-order valence-electron chi connectivity index (χ2n) is 2.97. The van der Waals surface area contributed by atoms with Crippen molar-refractivity contribution in [2.24, 2.45) is 0 Å². The molecule has 0 aromatic heterocycles. The summed E-state index contributed by atoms with van der Waals surface area (Å²) in [5.41, 5.74) is 0. The van der Waals surface area contributed by atoms with E-state index in [1.54, 1.807) is 0 Å². The van der Waals surface area contributed by atoms with Crippen LogP contribution in [0.3, 0.4) is 0 Å². The third kappa shape index (κ3) is 7.51. The summed E-state index contributed by atoms with van der Waals surface area (Å²) in [5, 5.41) is -9.43. The van der Waals surface area contributed by atoms with Crippen molar-refractivity contribution in [2.75, 3.05) is 13.1 Å². The Morgan fingerprint density at radius 3 is 1.56 bits per heavy atom. The molecule has 0 fully saturated rings. The topological polar surface area (TPSA) is 20.3 Å². The second kappa shape index (κ2) is 7.03. The Labute approximate surface area is 113 Å². The predicted molar refractivity (Wildman–Crippen MR) is 55.3 cm³/mol. The van der Waals surface area contributed by atoms with E-state index in [9.17, 15) is 31.1 Å². The van der Waals surface area contributed by atoms with Gasteiger partial charge in [0.1, 0.15) is 0 Å². The van der Waals surface area contributed by atoms with Gasteiger partial charge in [-0.3, -0.25) is 0 Å². The molecular formula is C8H11F6NOSe2. The van der Waals surface area contributed by atoms with Crippen LogP contribution in [0.2, 0.25) is 3.71 Å². The normalized spacial score (nSPS) is 12.9. The fourth-order valence-electron chi connectivity index (χ4n) is 1.05. The van der Waals surface area contributed by atoms with E-state index in [0.717, 1.165) is 4.90 Å². The Bertz CT molecular complexity index is 260. The SMILES string of the molecule is CCN(CC)C(=O)C([Se]C(F)(F)F)[Se]C(F)(F)F. The Morgan fingerprint density at radius 1 is 1.00 bits per heavy atom. The molecule has 18 heavy (non-hydrogen) atoms. The van der Waals surface area contributed by atoms with E-state index < -0.39 is 49.7 Å². The zero-order chi connectivity index (χ0) is 14.6. The first-order valence-electron chi connectivity index (χ1n) is 4.78. The zero-order valence-corrected chi connectivity index (χ0v) is 12.9. The number of carbonyl (C=O) groups is 1. The molecular weight excluding hydrogens is 398 g/mol.